The minimum Gasteiger partial charge on any atom is -0.496 e. The van der Waals surface area contributed by atoms with Gasteiger partial charge in [-0.3, -0.25) is 4.79 Å². The molecular formula is C14H12ClNO4S. The fraction of sp³-hybridized carbons (Fsp3) is 0.143. The summed E-state index contributed by atoms with van der Waals surface area (Å²) in [7, 11) is 2.74. The molecule has 1 aromatic heterocycles. The Labute approximate surface area is 130 Å². The number of carbonyl (C=O) groups is 2. The van der Waals surface area contributed by atoms with E-state index in [9.17, 15) is 9.59 Å². The second-order valence-corrected chi connectivity index (χ2v) is 5.31. The first-order valence-corrected chi connectivity index (χ1v) is 7.13. The second kappa shape index (κ2) is 6.60. The molecule has 0 saturated carbocycles. The van der Waals surface area contributed by atoms with Crippen molar-refractivity contribution in [1.82, 2.24) is 0 Å². The third-order valence-electron chi connectivity index (χ3n) is 2.69. The Bertz CT molecular complexity index is 683. The van der Waals surface area contributed by atoms with Gasteiger partial charge in [0.2, 0.25) is 0 Å². The molecule has 0 atom stereocenters. The fourth-order valence-corrected chi connectivity index (χ4v) is 2.63. The first-order valence-electron chi connectivity index (χ1n) is 5.87. The summed E-state index contributed by atoms with van der Waals surface area (Å²) in [6.45, 7) is 0. The van der Waals surface area contributed by atoms with Crippen molar-refractivity contribution >= 4 is 40.5 Å². The highest BCUT2D eigenvalue weighted by Crippen LogP contribution is 2.27. The van der Waals surface area contributed by atoms with Crippen molar-refractivity contribution in [1.29, 1.82) is 0 Å². The Balaban J connectivity index is 2.27. The van der Waals surface area contributed by atoms with E-state index >= 15 is 0 Å². The predicted octanol–water partition coefficient (Wildman–Crippen LogP) is 3.45. The van der Waals surface area contributed by atoms with E-state index in [0.717, 1.165) is 0 Å². The van der Waals surface area contributed by atoms with E-state index in [1.807, 2.05) is 0 Å². The number of hydrogen-bond acceptors (Lipinski definition) is 5. The number of amides is 1. The molecule has 0 aliphatic carbocycles. The van der Waals surface area contributed by atoms with Gasteiger partial charge < -0.3 is 14.8 Å². The topological polar surface area (TPSA) is 64.6 Å². The lowest BCUT2D eigenvalue weighted by atomic mass is 10.2. The summed E-state index contributed by atoms with van der Waals surface area (Å²) in [5, 5.41) is 4.83. The molecule has 1 aromatic carbocycles. The molecule has 0 aliphatic rings. The van der Waals surface area contributed by atoms with Crippen molar-refractivity contribution in [2.24, 2.45) is 0 Å². The lowest BCUT2D eigenvalue weighted by Crippen LogP contribution is -2.15. The molecule has 21 heavy (non-hydrogen) atoms. The Kier molecular flexibility index (Phi) is 4.82. The van der Waals surface area contributed by atoms with Crippen LogP contribution in [0.4, 0.5) is 5.69 Å². The maximum atomic E-state index is 12.3. The molecule has 0 radical (unpaired) electrons. The molecule has 2 aromatic rings. The Morgan fingerprint density at radius 1 is 1.24 bits per heavy atom. The molecule has 7 heteroatoms. The van der Waals surface area contributed by atoms with Crippen molar-refractivity contribution in [3.63, 3.8) is 0 Å². The molecule has 0 unspecified atom stereocenters. The van der Waals surface area contributed by atoms with Crippen LogP contribution >= 0.6 is 22.9 Å². The third-order valence-corrected chi connectivity index (χ3v) is 3.82. The van der Waals surface area contributed by atoms with Crippen LogP contribution in [0.1, 0.15) is 20.0 Å². The van der Waals surface area contributed by atoms with E-state index < -0.39 is 11.9 Å². The molecular weight excluding hydrogens is 314 g/mol. The minimum absolute atomic E-state index is 0.323. The standard InChI is InChI=1S/C14H12ClNO4S/c1-19-11-7-8(15)3-4-9(11)13(17)16-10-5-6-21-12(10)14(18)20-2/h3-7H,1-2H3,(H,16,17). The van der Waals surface area contributed by atoms with Gasteiger partial charge in [-0.2, -0.15) is 0 Å². The summed E-state index contributed by atoms with van der Waals surface area (Å²) in [4.78, 5) is 24.2. The van der Waals surface area contributed by atoms with Gasteiger partial charge in [-0.05, 0) is 29.6 Å². The Morgan fingerprint density at radius 2 is 2.00 bits per heavy atom. The highest BCUT2D eigenvalue weighted by Gasteiger charge is 2.18. The smallest absolute Gasteiger partial charge is 0.350 e. The average molecular weight is 326 g/mol. The van der Waals surface area contributed by atoms with Gasteiger partial charge in [-0.15, -0.1) is 11.3 Å². The lowest BCUT2D eigenvalue weighted by Gasteiger charge is -2.09. The number of rotatable bonds is 4. The lowest BCUT2D eigenvalue weighted by molar-refractivity contribution is 0.0607. The normalized spacial score (nSPS) is 10.0. The van der Waals surface area contributed by atoms with Crippen molar-refractivity contribution in [3.8, 4) is 5.75 Å². The summed E-state index contributed by atoms with van der Waals surface area (Å²) >= 11 is 7.05. The molecule has 1 N–H and O–H groups in total. The zero-order chi connectivity index (χ0) is 15.4. The van der Waals surface area contributed by atoms with E-state index in [-0.39, 0.29) is 0 Å². The summed E-state index contributed by atoms with van der Waals surface area (Å²) < 4.78 is 9.79. The molecule has 0 fully saturated rings. The number of halogens is 1. The van der Waals surface area contributed by atoms with E-state index in [4.69, 9.17) is 16.3 Å². The molecule has 5 nitrogen and oxygen atoms in total. The predicted molar refractivity (Wildman–Crippen MR) is 81.6 cm³/mol. The summed E-state index contributed by atoms with van der Waals surface area (Å²) in [5.74, 6) is -0.537. The minimum atomic E-state index is -0.497. The maximum Gasteiger partial charge on any atom is 0.350 e. The van der Waals surface area contributed by atoms with Gasteiger partial charge in [0, 0.05) is 5.02 Å². The number of ether oxygens (including phenoxy) is 2. The highest BCUT2D eigenvalue weighted by molar-refractivity contribution is 7.12. The summed E-state index contributed by atoms with van der Waals surface area (Å²) in [5.41, 5.74) is 0.720. The quantitative estimate of drug-likeness (QED) is 0.874. The molecule has 1 heterocycles. The van der Waals surface area contributed by atoms with Crippen LogP contribution in [-0.4, -0.2) is 26.1 Å². The number of carbonyl (C=O) groups excluding carboxylic acids is 2. The number of methoxy groups -OCH3 is 2. The van der Waals surface area contributed by atoms with Crippen LogP contribution in [-0.2, 0) is 4.74 Å². The first kappa shape index (κ1) is 15.3. The average Bonchev–Trinajstić information content (AvgIpc) is 2.94. The largest absolute Gasteiger partial charge is 0.496 e. The fourth-order valence-electron chi connectivity index (χ4n) is 1.70. The number of hydrogen-bond donors (Lipinski definition) is 1. The second-order valence-electron chi connectivity index (χ2n) is 3.95. The summed E-state index contributed by atoms with van der Waals surface area (Å²) in [6, 6.07) is 6.33. The molecule has 0 spiro atoms. The molecule has 1 amide bonds. The van der Waals surface area contributed by atoms with Crippen LogP contribution in [0, 0.1) is 0 Å². The van der Waals surface area contributed by atoms with E-state index in [1.165, 1.54) is 25.6 Å². The number of thiophene rings is 1. The van der Waals surface area contributed by atoms with Gasteiger partial charge in [-0.1, -0.05) is 11.6 Å². The van der Waals surface area contributed by atoms with Crippen molar-refractivity contribution < 1.29 is 19.1 Å². The Hall–Kier alpha value is -2.05. The monoisotopic (exact) mass is 325 g/mol. The van der Waals surface area contributed by atoms with Crippen LogP contribution in [0.3, 0.4) is 0 Å². The molecule has 110 valence electrons. The third kappa shape index (κ3) is 3.34. The zero-order valence-electron chi connectivity index (χ0n) is 11.3. The number of esters is 1. The number of benzene rings is 1. The highest BCUT2D eigenvalue weighted by atomic mass is 35.5. The van der Waals surface area contributed by atoms with Gasteiger partial charge in [0.05, 0.1) is 25.5 Å². The van der Waals surface area contributed by atoms with Crippen LogP contribution in [0.2, 0.25) is 5.02 Å². The number of nitrogens with one attached hydrogen (secondary N) is 1. The van der Waals surface area contributed by atoms with Crippen LogP contribution in [0.5, 0.6) is 5.75 Å². The first-order chi connectivity index (χ1) is 10.1. The van der Waals surface area contributed by atoms with Gasteiger partial charge in [0.15, 0.2) is 0 Å². The van der Waals surface area contributed by atoms with Gasteiger partial charge in [0.25, 0.3) is 5.91 Å². The van der Waals surface area contributed by atoms with Gasteiger partial charge in [0.1, 0.15) is 10.6 Å². The molecule has 0 aliphatic heterocycles. The van der Waals surface area contributed by atoms with E-state index in [0.29, 0.717) is 26.9 Å². The summed E-state index contributed by atoms with van der Waals surface area (Å²) in [6.07, 6.45) is 0. The SMILES string of the molecule is COC(=O)c1sccc1NC(=O)c1ccc(Cl)cc1OC. The van der Waals surface area contributed by atoms with Crippen LogP contribution in [0.15, 0.2) is 29.6 Å². The van der Waals surface area contributed by atoms with Crippen molar-refractivity contribution in [3.05, 3.63) is 45.1 Å². The maximum absolute atomic E-state index is 12.3. The van der Waals surface area contributed by atoms with E-state index in [2.05, 4.69) is 10.1 Å². The van der Waals surface area contributed by atoms with Crippen molar-refractivity contribution in [2.75, 3.05) is 19.5 Å². The molecule has 2 rings (SSSR count). The van der Waals surface area contributed by atoms with Crippen LogP contribution < -0.4 is 10.1 Å². The van der Waals surface area contributed by atoms with Crippen LogP contribution in [0.25, 0.3) is 0 Å². The van der Waals surface area contributed by atoms with E-state index in [1.54, 1.807) is 29.6 Å². The molecule has 0 bridgehead atoms. The van der Waals surface area contributed by atoms with Gasteiger partial charge >= 0.3 is 5.97 Å². The zero-order valence-corrected chi connectivity index (χ0v) is 12.9. The van der Waals surface area contributed by atoms with Crippen molar-refractivity contribution in [2.45, 2.75) is 0 Å². The number of anilines is 1. The molecule has 0 saturated heterocycles. The van der Waals surface area contributed by atoms with Gasteiger partial charge in [-0.25, -0.2) is 4.79 Å². The Morgan fingerprint density at radius 3 is 2.67 bits per heavy atom.